The largest absolute Gasteiger partial charge is 0.465 e. The molecule has 0 unspecified atom stereocenters. The van der Waals surface area contributed by atoms with Gasteiger partial charge in [0.05, 0.1) is 24.3 Å². The van der Waals surface area contributed by atoms with Crippen molar-refractivity contribution in [3.63, 3.8) is 0 Å². The molecule has 0 atom stereocenters. The molecule has 0 spiro atoms. The predicted molar refractivity (Wildman–Crippen MR) is 80.1 cm³/mol. The molecule has 1 fully saturated rings. The van der Waals surface area contributed by atoms with Gasteiger partial charge in [0, 0.05) is 6.04 Å². The summed E-state index contributed by atoms with van der Waals surface area (Å²) in [6.07, 6.45) is 0.922. The summed E-state index contributed by atoms with van der Waals surface area (Å²) >= 11 is 1.08. The zero-order valence-corrected chi connectivity index (χ0v) is 13.0. The van der Waals surface area contributed by atoms with Gasteiger partial charge in [0.25, 0.3) is 0 Å². The van der Waals surface area contributed by atoms with E-state index in [2.05, 4.69) is 10.1 Å². The van der Waals surface area contributed by atoms with Crippen molar-refractivity contribution >= 4 is 37.8 Å². The molecule has 0 bridgehead atoms. The number of nitrogens with one attached hydrogen (secondary N) is 1. The van der Waals surface area contributed by atoms with Gasteiger partial charge in [-0.1, -0.05) is 0 Å². The number of rotatable bonds is 3. The summed E-state index contributed by atoms with van der Waals surface area (Å²) in [7, 11) is -1.71. The van der Waals surface area contributed by atoms with Gasteiger partial charge < -0.3 is 15.8 Å². The van der Waals surface area contributed by atoms with E-state index >= 15 is 0 Å². The van der Waals surface area contributed by atoms with Crippen molar-refractivity contribution in [2.45, 2.75) is 18.9 Å². The van der Waals surface area contributed by atoms with Crippen molar-refractivity contribution < 1.29 is 17.9 Å². The lowest BCUT2D eigenvalue weighted by Crippen LogP contribution is -2.32. The maximum Gasteiger partial charge on any atom is 0.343 e. The van der Waals surface area contributed by atoms with Gasteiger partial charge in [0.2, 0.25) is 0 Å². The van der Waals surface area contributed by atoms with Crippen molar-refractivity contribution in [3.05, 3.63) is 10.4 Å². The monoisotopic (exact) mass is 329 g/mol. The number of anilines is 2. The van der Waals surface area contributed by atoms with Crippen LogP contribution in [0.3, 0.4) is 0 Å². The fourth-order valence-corrected chi connectivity index (χ4v) is 4.63. The third-order valence-corrected chi connectivity index (χ3v) is 6.08. The summed E-state index contributed by atoms with van der Waals surface area (Å²) in [5.41, 5.74) is 6.03. The van der Waals surface area contributed by atoms with Crippen LogP contribution in [0.5, 0.6) is 0 Å². The number of hydrogen-bond donors (Lipinski definition) is 2. The van der Waals surface area contributed by atoms with Crippen LogP contribution in [0.2, 0.25) is 0 Å². The molecule has 114 valence electrons. The fraction of sp³-hybridized carbons (Fsp3) is 0.500. The maximum absolute atomic E-state index is 11.8. The van der Waals surface area contributed by atoms with Crippen LogP contribution in [0.1, 0.15) is 28.1 Å². The van der Waals surface area contributed by atoms with E-state index < -0.39 is 15.8 Å². The number of nitrogens with zero attached hydrogens (tertiary/aromatic N) is 1. The fourth-order valence-electron chi connectivity index (χ4n) is 2.15. The van der Waals surface area contributed by atoms with Crippen LogP contribution in [0, 0.1) is 11.3 Å². The highest BCUT2D eigenvalue weighted by Gasteiger charge is 2.28. The van der Waals surface area contributed by atoms with Gasteiger partial charge in [0.1, 0.15) is 31.3 Å². The minimum atomic E-state index is -2.95. The zero-order chi connectivity index (χ0) is 15.6. The molecule has 2 heterocycles. The molecule has 2 rings (SSSR count). The lowest BCUT2D eigenvalue weighted by molar-refractivity contribution is 0.0603. The predicted octanol–water partition coefficient (Wildman–Crippen LogP) is 0.978. The molecule has 3 N–H and O–H groups in total. The number of thiophene rings is 1. The Morgan fingerprint density at radius 1 is 1.48 bits per heavy atom. The van der Waals surface area contributed by atoms with Gasteiger partial charge >= 0.3 is 5.97 Å². The van der Waals surface area contributed by atoms with Crippen LogP contribution in [-0.2, 0) is 14.6 Å². The number of carbonyl (C=O) groups is 1. The summed E-state index contributed by atoms with van der Waals surface area (Å²) < 4.78 is 27.5. The van der Waals surface area contributed by atoms with E-state index in [0.717, 1.165) is 11.3 Å². The summed E-state index contributed by atoms with van der Waals surface area (Å²) in [5.74, 6) is -0.384. The van der Waals surface area contributed by atoms with Crippen molar-refractivity contribution in [3.8, 4) is 6.07 Å². The van der Waals surface area contributed by atoms with E-state index in [1.165, 1.54) is 7.11 Å². The third-order valence-electron chi connectivity index (χ3n) is 3.33. The van der Waals surface area contributed by atoms with Crippen LogP contribution >= 0.6 is 11.3 Å². The smallest absolute Gasteiger partial charge is 0.343 e. The van der Waals surface area contributed by atoms with Crippen molar-refractivity contribution in [1.82, 2.24) is 0 Å². The molecule has 7 nitrogen and oxygen atoms in total. The first-order chi connectivity index (χ1) is 9.88. The highest BCUT2D eigenvalue weighted by Crippen LogP contribution is 2.36. The number of methoxy groups -OCH3 is 1. The van der Waals surface area contributed by atoms with Crippen molar-refractivity contribution in [2.24, 2.45) is 0 Å². The molecule has 0 radical (unpaired) electrons. The second-order valence-electron chi connectivity index (χ2n) is 4.72. The quantitative estimate of drug-likeness (QED) is 0.792. The molecular weight excluding hydrogens is 314 g/mol. The molecule has 0 aliphatic carbocycles. The molecule has 1 aromatic rings. The first kappa shape index (κ1) is 15.6. The minimum Gasteiger partial charge on any atom is -0.465 e. The minimum absolute atomic E-state index is 0.0680. The Bertz CT molecular complexity index is 689. The summed E-state index contributed by atoms with van der Waals surface area (Å²) in [5, 5.41) is 12.6. The van der Waals surface area contributed by atoms with Gasteiger partial charge in [-0.3, -0.25) is 0 Å². The maximum atomic E-state index is 11.8. The van der Waals surface area contributed by atoms with Crippen molar-refractivity contribution in [1.29, 1.82) is 5.26 Å². The molecule has 0 amide bonds. The zero-order valence-electron chi connectivity index (χ0n) is 11.4. The Kier molecular flexibility index (Phi) is 4.39. The first-order valence-corrected chi connectivity index (χ1v) is 8.89. The molecule has 9 heteroatoms. The lowest BCUT2D eigenvalue weighted by atomic mass is 10.1. The normalized spacial score (nSPS) is 17.9. The topological polar surface area (TPSA) is 122 Å². The van der Waals surface area contributed by atoms with Gasteiger partial charge in [-0.2, -0.15) is 5.26 Å². The number of carbonyl (C=O) groups excluding carboxylic acids is 1. The van der Waals surface area contributed by atoms with E-state index in [1.807, 2.05) is 6.07 Å². The number of nitrogen functional groups attached to an aromatic ring is 1. The number of esters is 1. The van der Waals surface area contributed by atoms with Crippen LogP contribution in [-0.4, -0.2) is 39.0 Å². The van der Waals surface area contributed by atoms with Crippen molar-refractivity contribution in [2.75, 3.05) is 29.7 Å². The summed E-state index contributed by atoms with van der Waals surface area (Å²) in [6, 6.07) is 1.87. The van der Waals surface area contributed by atoms with E-state index in [9.17, 15) is 13.2 Å². The molecule has 1 saturated heterocycles. The van der Waals surface area contributed by atoms with Gasteiger partial charge in [-0.25, -0.2) is 13.2 Å². The molecule has 0 aromatic carbocycles. The molecule has 1 aliphatic rings. The molecular formula is C12H15N3O4S2. The second kappa shape index (κ2) is 5.91. The van der Waals surface area contributed by atoms with Gasteiger partial charge in [0.15, 0.2) is 0 Å². The number of nitrogens with two attached hydrogens (primary N) is 1. The highest BCUT2D eigenvalue weighted by molar-refractivity contribution is 7.91. The SMILES string of the molecule is COC(=O)c1c(NC2CCS(=O)(=O)CC2)sc(C#N)c1N. The summed E-state index contributed by atoms with van der Waals surface area (Å²) in [4.78, 5) is 12.0. The first-order valence-electron chi connectivity index (χ1n) is 6.25. The van der Waals surface area contributed by atoms with Crippen LogP contribution in [0.4, 0.5) is 10.7 Å². The Hall–Kier alpha value is -1.79. The van der Waals surface area contributed by atoms with E-state index in [1.54, 1.807) is 0 Å². The van der Waals surface area contributed by atoms with Crippen LogP contribution in [0.15, 0.2) is 0 Å². The van der Waals surface area contributed by atoms with Crippen LogP contribution in [0.25, 0.3) is 0 Å². The molecule has 1 aromatic heterocycles. The molecule has 0 saturated carbocycles. The van der Waals surface area contributed by atoms with Gasteiger partial charge in [-0.05, 0) is 12.8 Å². The number of sulfone groups is 1. The number of nitriles is 1. The number of hydrogen-bond acceptors (Lipinski definition) is 8. The van der Waals surface area contributed by atoms with E-state index in [4.69, 9.17) is 11.0 Å². The summed E-state index contributed by atoms with van der Waals surface area (Å²) in [6.45, 7) is 0. The third kappa shape index (κ3) is 3.28. The average Bonchev–Trinajstić information content (AvgIpc) is 2.76. The Labute approximate surface area is 126 Å². The number of ether oxygens (including phenoxy) is 1. The molecule has 1 aliphatic heterocycles. The Morgan fingerprint density at radius 2 is 2.10 bits per heavy atom. The Morgan fingerprint density at radius 3 is 2.62 bits per heavy atom. The van der Waals surface area contributed by atoms with Gasteiger partial charge in [-0.15, -0.1) is 11.3 Å². The molecule has 21 heavy (non-hydrogen) atoms. The standard InChI is InChI=1S/C12H15N3O4S2/c1-19-12(16)9-10(14)8(6-13)20-11(9)15-7-2-4-21(17,18)5-3-7/h7,15H,2-5,14H2,1H3. The van der Waals surface area contributed by atoms with Crippen LogP contribution < -0.4 is 11.1 Å². The second-order valence-corrected chi connectivity index (χ2v) is 8.05. The van der Waals surface area contributed by atoms with E-state index in [-0.39, 0.29) is 33.7 Å². The van der Waals surface area contributed by atoms with E-state index in [0.29, 0.717) is 17.8 Å². The Balaban J connectivity index is 2.24. The highest BCUT2D eigenvalue weighted by atomic mass is 32.2. The lowest BCUT2D eigenvalue weighted by Gasteiger charge is -2.23. The average molecular weight is 329 g/mol.